The number of aryl methyl sites for hydroxylation is 1. The molecule has 1 saturated heterocycles. The number of benzene rings is 2. The summed E-state index contributed by atoms with van der Waals surface area (Å²) in [6.45, 7) is 1.77. The summed E-state index contributed by atoms with van der Waals surface area (Å²) in [4.78, 5) is 44.3. The second-order valence-corrected chi connectivity index (χ2v) is 8.19. The van der Waals surface area contributed by atoms with E-state index in [9.17, 15) is 19.7 Å². The summed E-state index contributed by atoms with van der Waals surface area (Å²) in [6.07, 6.45) is 3.36. The molecule has 2 aromatic carbocycles. The molecule has 9 nitrogen and oxygen atoms in total. The molecule has 1 amide bonds. The molecule has 0 saturated carbocycles. The molecular weight excluding hydrogens is 446 g/mol. The zero-order valence-corrected chi connectivity index (χ0v) is 18.7. The summed E-state index contributed by atoms with van der Waals surface area (Å²) in [5.41, 5.74) is 1.25. The molecule has 1 aliphatic rings. The SMILES string of the molecule is Cn1ccnc1C(=O)c1ccc(N2CCN(C(=O)Cc3ccccc3Cl)CC2)c([N+](=O)[O-])c1. The average molecular weight is 468 g/mol. The lowest BCUT2D eigenvalue weighted by Crippen LogP contribution is -2.49. The van der Waals surface area contributed by atoms with Gasteiger partial charge in [0.2, 0.25) is 11.7 Å². The predicted octanol–water partition coefficient (Wildman–Crippen LogP) is 3.10. The number of carbonyl (C=O) groups excluding carboxylic acids is 2. The molecule has 0 unspecified atom stereocenters. The number of piperazine rings is 1. The Kier molecular flexibility index (Phi) is 6.41. The number of nitrogens with zero attached hydrogens (tertiary/aromatic N) is 5. The maximum atomic E-state index is 12.7. The van der Waals surface area contributed by atoms with Gasteiger partial charge in [-0.2, -0.15) is 0 Å². The Balaban J connectivity index is 1.47. The molecule has 0 aliphatic carbocycles. The summed E-state index contributed by atoms with van der Waals surface area (Å²) in [5.74, 6) is -0.205. The molecule has 3 aromatic rings. The van der Waals surface area contributed by atoms with Gasteiger partial charge in [0.05, 0.1) is 11.3 Å². The van der Waals surface area contributed by atoms with Crippen LogP contribution in [-0.2, 0) is 18.3 Å². The maximum absolute atomic E-state index is 12.7. The van der Waals surface area contributed by atoms with Gasteiger partial charge in [-0.3, -0.25) is 19.7 Å². The number of hydrogen-bond donors (Lipinski definition) is 0. The highest BCUT2D eigenvalue weighted by atomic mass is 35.5. The van der Waals surface area contributed by atoms with Crippen LogP contribution in [0, 0.1) is 10.1 Å². The van der Waals surface area contributed by atoms with Crippen LogP contribution in [0.1, 0.15) is 21.7 Å². The van der Waals surface area contributed by atoms with E-state index in [2.05, 4.69) is 4.98 Å². The van der Waals surface area contributed by atoms with Gasteiger partial charge in [-0.05, 0) is 23.8 Å². The van der Waals surface area contributed by atoms with Gasteiger partial charge in [0, 0.05) is 62.3 Å². The number of ketones is 1. The molecule has 2 heterocycles. The van der Waals surface area contributed by atoms with Crippen molar-refractivity contribution < 1.29 is 14.5 Å². The van der Waals surface area contributed by atoms with Crippen LogP contribution >= 0.6 is 11.6 Å². The zero-order valence-electron chi connectivity index (χ0n) is 18.0. The van der Waals surface area contributed by atoms with Gasteiger partial charge in [0.15, 0.2) is 5.82 Å². The summed E-state index contributed by atoms with van der Waals surface area (Å²) < 4.78 is 1.57. The van der Waals surface area contributed by atoms with E-state index in [1.165, 1.54) is 12.3 Å². The van der Waals surface area contributed by atoms with E-state index in [1.54, 1.807) is 40.9 Å². The summed E-state index contributed by atoms with van der Waals surface area (Å²) >= 11 is 6.16. The molecule has 0 spiro atoms. The van der Waals surface area contributed by atoms with Crippen LogP contribution in [0.25, 0.3) is 0 Å². The average Bonchev–Trinajstić information content (AvgIpc) is 3.25. The highest BCUT2D eigenvalue weighted by Gasteiger charge is 2.27. The quantitative estimate of drug-likeness (QED) is 0.313. The smallest absolute Gasteiger partial charge is 0.293 e. The number of nitro groups is 1. The summed E-state index contributed by atoms with van der Waals surface area (Å²) in [5, 5.41) is 12.3. The van der Waals surface area contributed by atoms with Gasteiger partial charge in [0.25, 0.3) is 5.69 Å². The first-order chi connectivity index (χ1) is 15.8. The highest BCUT2D eigenvalue weighted by Crippen LogP contribution is 2.31. The first-order valence-corrected chi connectivity index (χ1v) is 10.8. The Morgan fingerprint density at radius 3 is 2.48 bits per heavy atom. The summed E-state index contributed by atoms with van der Waals surface area (Å²) in [6, 6.07) is 11.7. The van der Waals surface area contributed by atoms with E-state index in [0.717, 1.165) is 5.56 Å². The van der Waals surface area contributed by atoms with Crippen molar-refractivity contribution in [2.45, 2.75) is 6.42 Å². The van der Waals surface area contributed by atoms with Crippen LogP contribution in [-0.4, -0.2) is 57.2 Å². The molecule has 4 rings (SSSR count). The van der Waals surface area contributed by atoms with Gasteiger partial charge < -0.3 is 14.4 Å². The molecular formula is C23H22ClN5O4. The van der Waals surface area contributed by atoms with Crippen LogP contribution in [0.4, 0.5) is 11.4 Å². The molecule has 1 fully saturated rings. The first kappa shape index (κ1) is 22.5. The third-order valence-corrected chi connectivity index (χ3v) is 6.10. The van der Waals surface area contributed by atoms with Crippen molar-refractivity contribution in [3.8, 4) is 0 Å². The van der Waals surface area contributed by atoms with Gasteiger partial charge in [-0.25, -0.2) is 4.98 Å². The fraction of sp³-hybridized carbons (Fsp3) is 0.261. The number of hydrogen-bond acceptors (Lipinski definition) is 6. The number of nitro benzene ring substituents is 1. The van der Waals surface area contributed by atoms with E-state index in [0.29, 0.717) is 36.9 Å². The minimum atomic E-state index is -0.487. The van der Waals surface area contributed by atoms with Crippen LogP contribution in [0.15, 0.2) is 54.9 Å². The molecule has 10 heteroatoms. The van der Waals surface area contributed by atoms with E-state index in [1.807, 2.05) is 23.1 Å². The van der Waals surface area contributed by atoms with Gasteiger partial charge >= 0.3 is 0 Å². The number of carbonyl (C=O) groups is 2. The predicted molar refractivity (Wildman–Crippen MR) is 124 cm³/mol. The van der Waals surface area contributed by atoms with Gasteiger partial charge in [0.1, 0.15) is 5.69 Å². The number of anilines is 1. The molecule has 0 bridgehead atoms. The van der Waals surface area contributed by atoms with Crippen molar-refractivity contribution in [3.63, 3.8) is 0 Å². The Labute approximate surface area is 195 Å². The van der Waals surface area contributed by atoms with Crippen molar-refractivity contribution in [2.75, 3.05) is 31.1 Å². The van der Waals surface area contributed by atoms with E-state index < -0.39 is 4.92 Å². The lowest BCUT2D eigenvalue weighted by Gasteiger charge is -2.36. The second kappa shape index (κ2) is 9.41. The van der Waals surface area contributed by atoms with Crippen LogP contribution < -0.4 is 4.90 Å². The van der Waals surface area contributed by atoms with Crippen molar-refractivity contribution in [3.05, 3.63) is 86.9 Å². The Morgan fingerprint density at radius 2 is 1.85 bits per heavy atom. The highest BCUT2D eigenvalue weighted by molar-refractivity contribution is 6.31. The van der Waals surface area contributed by atoms with Crippen molar-refractivity contribution in [1.82, 2.24) is 14.5 Å². The third-order valence-electron chi connectivity index (χ3n) is 5.73. The molecule has 1 aliphatic heterocycles. The van der Waals surface area contributed by atoms with Crippen LogP contribution in [0.3, 0.4) is 0 Å². The molecule has 0 atom stereocenters. The molecule has 33 heavy (non-hydrogen) atoms. The minimum Gasteiger partial charge on any atom is -0.362 e. The standard InChI is InChI=1S/C23H22ClN5O4/c1-26-9-8-25-23(26)22(31)17-6-7-19(20(14-17)29(32)33)27-10-12-28(13-11-27)21(30)15-16-4-2-3-5-18(16)24/h2-9,14H,10-13,15H2,1H3. The maximum Gasteiger partial charge on any atom is 0.293 e. The molecule has 170 valence electrons. The topological polar surface area (TPSA) is 102 Å². The number of imidazole rings is 1. The number of amides is 1. The summed E-state index contributed by atoms with van der Waals surface area (Å²) in [7, 11) is 1.69. The van der Waals surface area contributed by atoms with E-state index >= 15 is 0 Å². The van der Waals surface area contributed by atoms with Crippen molar-refractivity contribution in [1.29, 1.82) is 0 Å². The third kappa shape index (κ3) is 4.73. The molecule has 0 N–H and O–H groups in total. The fourth-order valence-electron chi connectivity index (χ4n) is 3.91. The van der Waals surface area contributed by atoms with Gasteiger partial charge in [-0.1, -0.05) is 29.8 Å². The number of halogens is 1. The minimum absolute atomic E-state index is 0.0340. The lowest BCUT2D eigenvalue weighted by atomic mass is 10.1. The number of rotatable bonds is 6. The van der Waals surface area contributed by atoms with E-state index in [-0.39, 0.29) is 35.2 Å². The van der Waals surface area contributed by atoms with Crippen LogP contribution in [0.2, 0.25) is 5.02 Å². The zero-order chi connectivity index (χ0) is 23.5. The Hall–Kier alpha value is -3.72. The fourth-order valence-corrected chi connectivity index (χ4v) is 4.11. The second-order valence-electron chi connectivity index (χ2n) is 7.79. The molecule has 0 radical (unpaired) electrons. The lowest BCUT2D eigenvalue weighted by molar-refractivity contribution is -0.384. The van der Waals surface area contributed by atoms with Crippen molar-refractivity contribution >= 4 is 34.7 Å². The molecule has 1 aromatic heterocycles. The van der Waals surface area contributed by atoms with E-state index in [4.69, 9.17) is 11.6 Å². The first-order valence-electron chi connectivity index (χ1n) is 10.4. The number of aromatic nitrogens is 2. The largest absolute Gasteiger partial charge is 0.362 e. The van der Waals surface area contributed by atoms with Crippen molar-refractivity contribution in [2.24, 2.45) is 7.05 Å². The Morgan fingerprint density at radius 1 is 1.12 bits per heavy atom. The monoisotopic (exact) mass is 467 g/mol. The normalized spacial score (nSPS) is 13.8. The van der Waals surface area contributed by atoms with Gasteiger partial charge in [-0.15, -0.1) is 0 Å². The Bertz CT molecular complexity index is 1220. The van der Waals surface area contributed by atoms with Crippen LogP contribution in [0.5, 0.6) is 0 Å².